The third kappa shape index (κ3) is 4.29. The molecule has 2 aliphatic heterocycles. The molecule has 35 heavy (non-hydrogen) atoms. The van der Waals surface area contributed by atoms with Crippen LogP contribution in [-0.2, 0) is 20.6 Å². The first-order valence-corrected chi connectivity index (χ1v) is 11.7. The zero-order valence-corrected chi connectivity index (χ0v) is 19.2. The van der Waals surface area contributed by atoms with Gasteiger partial charge < -0.3 is 39.1 Å². The number of aromatic nitrogens is 3. The van der Waals surface area contributed by atoms with Crippen molar-refractivity contribution in [2.75, 3.05) is 38.9 Å². The highest BCUT2D eigenvalue weighted by Crippen LogP contribution is 2.38. The molecule has 11 heteroatoms. The van der Waals surface area contributed by atoms with Gasteiger partial charge in [0.25, 0.3) is 6.01 Å². The number of hydrogen-bond donors (Lipinski definition) is 3. The summed E-state index contributed by atoms with van der Waals surface area (Å²) in [7, 11) is 1.60. The number of ether oxygens (including phenoxy) is 5. The molecule has 2 saturated heterocycles. The summed E-state index contributed by atoms with van der Waals surface area (Å²) in [6, 6.07) is 7.11. The van der Waals surface area contributed by atoms with Crippen molar-refractivity contribution >= 4 is 17.0 Å². The maximum Gasteiger partial charge on any atom is 0.296 e. The zero-order valence-electron chi connectivity index (χ0n) is 19.2. The summed E-state index contributed by atoms with van der Waals surface area (Å²) in [5.74, 6) is 0.816. The van der Waals surface area contributed by atoms with E-state index in [-0.39, 0.29) is 36.8 Å². The quantitative estimate of drug-likeness (QED) is 0.411. The summed E-state index contributed by atoms with van der Waals surface area (Å²) >= 11 is 0. The van der Waals surface area contributed by atoms with Crippen LogP contribution in [0.25, 0.3) is 11.2 Å². The molecule has 3 aromatic rings. The van der Waals surface area contributed by atoms with Crippen LogP contribution in [0.3, 0.4) is 0 Å². The number of fused-ring (bicyclic) bond motifs is 3. The highest BCUT2D eigenvalue weighted by molar-refractivity contribution is 5.73. The fourth-order valence-corrected chi connectivity index (χ4v) is 5.03. The van der Waals surface area contributed by atoms with Gasteiger partial charge in [-0.15, -0.1) is 0 Å². The Bertz CT molecular complexity index is 1220. The molecule has 10 nitrogen and oxygen atoms in total. The summed E-state index contributed by atoms with van der Waals surface area (Å²) in [6.07, 6.45) is -0.210. The van der Waals surface area contributed by atoms with Crippen molar-refractivity contribution < 1.29 is 33.2 Å². The van der Waals surface area contributed by atoms with Gasteiger partial charge in [-0.25, -0.2) is 9.37 Å². The van der Waals surface area contributed by atoms with Crippen LogP contribution < -0.4 is 14.8 Å². The number of methoxy groups -OCH3 is 1. The van der Waals surface area contributed by atoms with Crippen molar-refractivity contribution in [2.45, 2.75) is 43.3 Å². The molecular weight excluding hydrogens is 459 g/mol. The van der Waals surface area contributed by atoms with Gasteiger partial charge in [0.15, 0.2) is 11.8 Å². The Morgan fingerprint density at radius 2 is 2.06 bits per heavy atom. The highest BCUT2D eigenvalue weighted by Gasteiger charge is 2.48. The fraction of sp³-hybridized carbons (Fsp3) is 0.500. The lowest BCUT2D eigenvalue weighted by Crippen LogP contribution is -2.34. The lowest BCUT2D eigenvalue weighted by atomic mass is 10.1. The number of nitrogens with zero attached hydrogens (tertiary/aromatic N) is 2. The van der Waals surface area contributed by atoms with Gasteiger partial charge in [-0.3, -0.25) is 0 Å². The van der Waals surface area contributed by atoms with E-state index < -0.39 is 6.10 Å². The van der Waals surface area contributed by atoms with E-state index >= 15 is 0 Å². The first kappa shape index (κ1) is 22.5. The second kappa shape index (κ2) is 9.23. The maximum atomic E-state index is 14.9. The fourth-order valence-electron chi connectivity index (χ4n) is 5.03. The Morgan fingerprint density at radius 1 is 1.17 bits per heavy atom. The second-order valence-corrected chi connectivity index (χ2v) is 8.98. The molecule has 1 aromatic carbocycles. The predicted octanol–water partition coefficient (Wildman–Crippen LogP) is 2.13. The van der Waals surface area contributed by atoms with Gasteiger partial charge in [0.05, 0.1) is 31.4 Å². The average Bonchev–Trinajstić information content (AvgIpc) is 3.60. The van der Waals surface area contributed by atoms with Gasteiger partial charge in [-0.2, -0.15) is 4.98 Å². The minimum atomic E-state index is -0.639. The van der Waals surface area contributed by atoms with Crippen LogP contribution in [0.2, 0.25) is 0 Å². The number of anilines is 1. The maximum absolute atomic E-state index is 14.9. The Labute approximate surface area is 200 Å². The van der Waals surface area contributed by atoms with Crippen LogP contribution in [0.15, 0.2) is 24.3 Å². The van der Waals surface area contributed by atoms with Crippen molar-refractivity contribution in [1.82, 2.24) is 15.0 Å². The van der Waals surface area contributed by atoms with E-state index in [1.807, 2.05) is 18.2 Å². The van der Waals surface area contributed by atoms with Crippen molar-refractivity contribution in [3.63, 3.8) is 0 Å². The number of aryl methyl sites for hydroxylation is 1. The van der Waals surface area contributed by atoms with Gasteiger partial charge in [0, 0.05) is 18.7 Å². The van der Waals surface area contributed by atoms with Crippen LogP contribution in [0.1, 0.15) is 23.6 Å². The smallest absolute Gasteiger partial charge is 0.296 e. The van der Waals surface area contributed by atoms with Crippen molar-refractivity contribution in [1.29, 1.82) is 0 Å². The SMILES string of the molecule is COCCOc1cc(F)c2c(c1)CCC2Nc1ccc2[nH]c(O[C@@H]3CO[C@H]4[C@@H]3OC[C@H]4O)nc2n1. The van der Waals surface area contributed by atoms with Gasteiger partial charge in [0.1, 0.15) is 42.3 Å². The van der Waals surface area contributed by atoms with Crippen LogP contribution in [-0.4, -0.2) is 78.0 Å². The number of H-pyrrole nitrogens is 1. The first-order chi connectivity index (χ1) is 17.1. The molecular formula is C24H27FN4O6. The van der Waals surface area contributed by atoms with Crippen molar-refractivity contribution in [2.24, 2.45) is 0 Å². The number of nitrogens with one attached hydrogen (secondary N) is 2. The molecule has 6 rings (SSSR count). The largest absolute Gasteiger partial charge is 0.491 e. The lowest BCUT2D eigenvalue weighted by molar-refractivity contribution is 0.00706. The molecule has 0 bridgehead atoms. The van der Waals surface area contributed by atoms with E-state index in [1.165, 1.54) is 6.07 Å². The first-order valence-electron chi connectivity index (χ1n) is 11.7. The minimum absolute atomic E-state index is 0.198. The standard InChI is InChI=1S/C24H27FN4O6/c1-31-6-7-32-13-8-12-2-3-15(20(12)14(25)9-13)26-19-5-4-16-23(28-19)29-24(27-16)35-18-11-34-21-17(30)10-33-22(18)21/h4-5,8-9,15,17-18,21-22,30H,2-3,6-7,10-11H2,1H3,(H2,26,27,28,29)/t15?,17-,18-,21-,22-/m1/s1. The van der Waals surface area contributed by atoms with Crippen LogP contribution in [0.4, 0.5) is 10.2 Å². The average molecular weight is 487 g/mol. The number of imidazole rings is 1. The van der Waals surface area contributed by atoms with E-state index in [0.29, 0.717) is 54.1 Å². The van der Waals surface area contributed by atoms with Gasteiger partial charge in [0.2, 0.25) is 0 Å². The summed E-state index contributed by atoms with van der Waals surface area (Å²) in [4.78, 5) is 12.1. The normalized spacial score (nSPS) is 27.2. The van der Waals surface area contributed by atoms with E-state index in [9.17, 15) is 9.50 Å². The Kier molecular flexibility index (Phi) is 5.93. The van der Waals surface area contributed by atoms with Crippen LogP contribution in [0, 0.1) is 5.82 Å². The van der Waals surface area contributed by atoms with Crippen molar-refractivity contribution in [3.05, 3.63) is 41.2 Å². The van der Waals surface area contributed by atoms with E-state index in [2.05, 4.69) is 20.3 Å². The second-order valence-electron chi connectivity index (χ2n) is 8.98. The van der Waals surface area contributed by atoms with E-state index in [1.54, 1.807) is 7.11 Å². The van der Waals surface area contributed by atoms with Gasteiger partial charge in [-0.1, -0.05) is 0 Å². The monoisotopic (exact) mass is 486 g/mol. The lowest BCUT2D eigenvalue weighted by Gasteiger charge is -2.16. The summed E-state index contributed by atoms with van der Waals surface area (Å²) in [6.45, 7) is 1.37. The Morgan fingerprint density at radius 3 is 2.94 bits per heavy atom. The summed E-state index contributed by atoms with van der Waals surface area (Å²) in [5, 5.41) is 13.2. The molecule has 2 aromatic heterocycles. The van der Waals surface area contributed by atoms with Gasteiger partial charge in [-0.05, 0) is 36.6 Å². The number of pyridine rings is 1. The molecule has 1 unspecified atom stereocenters. The molecule has 3 N–H and O–H groups in total. The van der Waals surface area contributed by atoms with Crippen LogP contribution in [0.5, 0.6) is 11.8 Å². The molecule has 0 saturated carbocycles. The third-order valence-corrected chi connectivity index (χ3v) is 6.69. The number of aromatic amines is 1. The van der Waals surface area contributed by atoms with E-state index in [0.717, 1.165) is 18.4 Å². The number of benzene rings is 1. The molecule has 5 atom stereocenters. The Hall–Kier alpha value is -2.99. The topological polar surface area (TPSA) is 120 Å². The number of rotatable bonds is 8. The Balaban J connectivity index is 1.15. The minimum Gasteiger partial charge on any atom is -0.491 e. The number of aliphatic hydroxyl groups excluding tert-OH is 1. The van der Waals surface area contributed by atoms with Crippen molar-refractivity contribution in [3.8, 4) is 11.8 Å². The molecule has 186 valence electrons. The molecule has 0 amide bonds. The predicted molar refractivity (Wildman–Crippen MR) is 122 cm³/mol. The molecule has 1 aliphatic carbocycles. The number of hydrogen-bond acceptors (Lipinski definition) is 9. The number of aliphatic hydroxyl groups is 1. The van der Waals surface area contributed by atoms with Gasteiger partial charge >= 0.3 is 0 Å². The molecule has 0 radical (unpaired) electrons. The number of halogens is 1. The molecule has 3 aliphatic rings. The highest BCUT2D eigenvalue weighted by atomic mass is 19.1. The third-order valence-electron chi connectivity index (χ3n) is 6.69. The molecule has 0 spiro atoms. The summed E-state index contributed by atoms with van der Waals surface area (Å²) in [5.41, 5.74) is 2.77. The zero-order chi connectivity index (χ0) is 23.9. The van der Waals surface area contributed by atoms with Crippen LogP contribution >= 0.6 is 0 Å². The molecule has 4 heterocycles. The molecule has 2 fully saturated rings. The van der Waals surface area contributed by atoms with E-state index in [4.69, 9.17) is 23.7 Å². The summed E-state index contributed by atoms with van der Waals surface area (Å²) < 4.78 is 42.7.